The fraction of sp³-hybridized carbons (Fsp3) is 0.292. The molecular formula is C24H25ClF3N7O2. The van der Waals surface area contributed by atoms with Crippen molar-refractivity contribution < 1.29 is 22.8 Å². The largest absolute Gasteiger partial charge is 0.433 e. The maximum absolute atomic E-state index is 12.8. The second kappa shape index (κ2) is 11.9. The average molecular weight is 536 g/mol. The topological polar surface area (TPSA) is 95.7 Å². The smallest absolute Gasteiger partial charge is 0.341 e. The van der Waals surface area contributed by atoms with Gasteiger partial charge in [0.1, 0.15) is 5.69 Å². The average Bonchev–Trinajstić information content (AvgIpc) is 3.31. The molecule has 0 saturated carbocycles. The molecule has 9 nitrogen and oxygen atoms in total. The number of carbonyl (C=O) groups excluding carboxylic acids is 2. The summed E-state index contributed by atoms with van der Waals surface area (Å²) in [6.07, 6.45) is -1.44. The quantitative estimate of drug-likeness (QED) is 0.383. The molecule has 1 saturated heterocycles. The molecule has 1 N–H and O–H groups in total. The van der Waals surface area contributed by atoms with E-state index in [1.54, 1.807) is 36.2 Å². The van der Waals surface area contributed by atoms with E-state index >= 15 is 0 Å². The predicted octanol–water partition coefficient (Wildman–Crippen LogP) is 3.52. The van der Waals surface area contributed by atoms with Crippen LogP contribution in [-0.4, -0.2) is 52.4 Å². The van der Waals surface area contributed by atoms with E-state index in [-0.39, 0.29) is 31.2 Å². The number of halogens is 4. The third-order valence-electron chi connectivity index (χ3n) is 5.16. The third-order valence-corrected chi connectivity index (χ3v) is 5.41. The van der Waals surface area contributed by atoms with E-state index < -0.39 is 11.9 Å². The Morgan fingerprint density at radius 3 is 2.41 bits per heavy atom. The molecule has 0 aliphatic carbocycles. The molecule has 1 fully saturated rings. The number of amides is 1. The number of pyridine rings is 1. The molecule has 1 aromatic carbocycles. The van der Waals surface area contributed by atoms with Crippen LogP contribution in [0.15, 0.2) is 53.9 Å². The Balaban J connectivity index is 0.00000186. The van der Waals surface area contributed by atoms with Crippen LogP contribution in [0.3, 0.4) is 0 Å². The van der Waals surface area contributed by atoms with Gasteiger partial charge in [-0.1, -0.05) is 43.6 Å². The number of alkyl halides is 3. The normalized spacial score (nSPS) is 13.6. The highest BCUT2D eigenvalue weighted by Crippen LogP contribution is 2.29. The number of carbonyl (C=O) groups is 2. The van der Waals surface area contributed by atoms with Gasteiger partial charge >= 0.3 is 6.18 Å². The Hall–Kier alpha value is -3.93. The summed E-state index contributed by atoms with van der Waals surface area (Å²) in [4.78, 5) is 28.9. The second-order valence-electron chi connectivity index (χ2n) is 7.71. The first-order valence-electron chi connectivity index (χ1n) is 11.3. The summed E-state index contributed by atoms with van der Waals surface area (Å²) in [5.74, 6) is -0.198. The third kappa shape index (κ3) is 6.64. The van der Waals surface area contributed by atoms with Crippen molar-refractivity contribution in [1.29, 1.82) is 0 Å². The highest BCUT2D eigenvalue weighted by atomic mass is 35.5. The lowest BCUT2D eigenvalue weighted by Gasteiger charge is -2.22. The first-order valence-corrected chi connectivity index (χ1v) is 11.7. The molecule has 1 amide bonds. The number of benzene rings is 1. The number of nitrogens with zero attached hydrogens (tertiary/aromatic N) is 6. The monoisotopic (exact) mass is 535 g/mol. The first-order chi connectivity index (χ1) is 17.7. The lowest BCUT2D eigenvalue weighted by atomic mass is 10.1. The molecule has 0 spiro atoms. The molecule has 4 rings (SSSR count). The van der Waals surface area contributed by atoms with Gasteiger partial charge in [0.2, 0.25) is 17.8 Å². The minimum atomic E-state index is -4.53. The van der Waals surface area contributed by atoms with Crippen molar-refractivity contribution in [3.63, 3.8) is 0 Å². The minimum absolute atomic E-state index is 0.0402. The Kier molecular flexibility index (Phi) is 8.87. The molecular weight excluding hydrogens is 511 g/mol. The summed E-state index contributed by atoms with van der Waals surface area (Å²) >= 11 is 6.02. The summed E-state index contributed by atoms with van der Waals surface area (Å²) < 4.78 is 39.4. The molecule has 196 valence electrons. The fourth-order valence-electron chi connectivity index (χ4n) is 3.56. The van der Waals surface area contributed by atoms with Crippen molar-refractivity contribution in [3.05, 3.63) is 70.6 Å². The lowest BCUT2D eigenvalue weighted by molar-refractivity contribution is -0.141. The molecule has 0 unspecified atom stereocenters. The molecule has 37 heavy (non-hydrogen) atoms. The van der Waals surface area contributed by atoms with E-state index in [4.69, 9.17) is 11.6 Å². The Morgan fingerprint density at radius 2 is 1.86 bits per heavy atom. The lowest BCUT2D eigenvalue weighted by Crippen LogP contribution is -2.36. The highest BCUT2D eigenvalue weighted by Gasteiger charge is 2.32. The number of hydrogen-bond donors (Lipinski definition) is 1. The van der Waals surface area contributed by atoms with Crippen molar-refractivity contribution >= 4 is 29.6 Å². The molecule has 13 heteroatoms. The van der Waals surface area contributed by atoms with E-state index in [2.05, 4.69) is 20.5 Å². The number of rotatable bonds is 6. The van der Waals surface area contributed by atoms with Crippen LogP contribution in [0.4, 0.5) is 18.9 Å². The van der Waals surface area contributed by atoms with E-state index in [9.17, 15) is 22.8 Å². The Bertz CT molecular complexity index is 1310. The number of aromatic nitrogens is 3. The fourth-order valence-corrected chi connectivity index (χ4v) is 3.69. The molecule has 1 aliphatic rings. The van der Waals surface area contributed by atoms with Crippen LogP contribution < -0.4 is 15.7 Å². The van der Waals surface area contributed by atoms with Gasteiger partial charge in [0.05, 0.1) is 31.6 Å². The summed E-state index contributed by atoms with van der Waals surface area (Å²) in [6.45, 7) is 4.33. The van der Waals surface area contributed by atoms with Gasteiger partial charge in [0, 0.05) is 23.8 Å². The second-order valence-corrected chi connectivity index (χ2v) is 8.14. The van der Waals surface area contributed by atoms with E-state index in [0.717, 1.165) is 22.5 Å². The van der Waals surface area contributed by atoms with Crippen LogP contribution in [0.2, 0.25) is 5.02 Å². The van der Waals surface area contributed by atoms with Gasteiger partial charge < -0.3 is 10.2 Å². The van der Waals surface area contributed by atoms with Gasteiger partial charge in [0.25, 0.3) is 0 Å². The van der Waals surface area contributed by atoms with E-state index in [1.807, 2.05) is 13.8 Å². The van der Waals surface area contributed by atoms with Gasteiger partial charge in [-0.15, -0.1) is 0 Å². The van der Waals surface area contributed by atoms with Crippen LogP contribution in [0.5, 0.6) is 0 Å². The van der Waals surface area contributed by atoms with Gasteiger partial charge in [-0.05, 0) is 29.3 Å². The van der Waals surface area contributed by atoms with Gasteiger partial charge in [-0.25, -0.2) is 0 Å². The highest BCUT2D eigenvalue weighted by molar-refractivity contribution is 6.30. The maximum Gasteiger partial charge on any atom is 0.433 e. The Morgan fingerprint density at radius 1 is 1.16 bits per heavy atom. The molecule has 3 aromatic rings. The van der Waals surface area contributed by atoms with Crippen molar-refractivity contribution in [1.82, 2.24) is 25.1 Å². The summed E-state index contributed by atoms with van der Waals surface area (Å²) in [6, 6.07) is 9.17. The molecule has 0 atom stereocenters. The molecule has 3 heterocycles. The number of anilines is 1. The summed E-state index contributed by atoms with van der Waals surface area (Å²) in [7, 11) is 1.60. The minimum Gasteiger partial charge on any atom is -0.341 e. The predicted molar refractivity (Wildman–Crippen MR) is 133 cm³/mol. The van der Waals surface area contributed by atoms with Crippen LogP contribution >= 0.6 is 11.6 Å². The van der Waals surface area contributed by atoms with Crippen LogP contribution in [-0.2, 0) is 22.3 Å². The zero-order valence-corrected chi connectivity index (χ0v) is 21.1. The number of hydrogen-bond acceptors (Lipinski definition) is 7. The molecule has 0 radical (unpaired) electrons. The van der Waals surface area contributed by atoms with Crippen molar-refractivity contribution in [3.8, 4) is 11.1 Å². The SMILES string of the molecule is CC.CN(Cc1ccc(C(F)(F)F)nc1)/N=c1/c(N2CNC(=O)C2)c(-c2ccc(Cl)cc2)cnn1C=O. The van der Waals surface area contributed by atoms with Crippen molar-refractivity contribution in [2.45, 2.75) is 26.6 Å². The van der Waals surface area contributed by atoms with Crippen molar-refractivity contribution in [2.75, 3.05) is 25.2 Å². The van der Waals surface area contributed by atoms with E-state index in [0.29, 0.717) is 28.2 Å². The zero-order valence-electron chi connectivity index (χ0n) is 20.3. The summed E-state index contributed by atoms with van der Waals surface area (Å²) in [5.41, 5.74) is 1.45. The summed E-state index contributed by atoms with van der Waals surface area (Å²) in [5, 5.41) is 13.4. The first kappa shape index (κ1) is 27.7. The molecule has 2 aromatic heterocycles. The maximum atomic E-state index is 12.8. The van der Waals surface area contributed by atoms with Crippen molar-refractivity contribution in [2.24, 2.45) is 5.10 Å². The standard InChI is InChI=1S/C22H19ClF3N7O2.C2H6/c1-31(10-14-2-7-18(27-8-14)22(24,25)26)30-21-20(32-11-19(35)28-12-32)17(9-29-33(21)13-34)15-3-5-16(23)6-4-15;1-2/h2-9,13H,10-12H2,1H3,(H,28,35);1-2H3/b30-21-;. The van der Waals surface area contributed by atoms with Crippen LogP contribution in [0.25, 0.3) is 11.1 Å². The Labute approximate surface area is 216 Å². The zero-order chi connectivity index (χ0) is 27.2. The van der Waals surface area contributed by atoms with Crippen LogP contribution in [0, 0.1) is 0 Å². The molecule has 0 bridgehead atoms. The molecule has 1 aliphatic heterocycles. The van der Waals surface area contributed by atoms with E-state index in [1.165, 1.54) is 17.3 Å². The number of nitrogens with one attached hydrogen (secondary N) is 1. The van der Waals surface area contributed by atoms with Gasteiger partial charge in [-0.2, -0.15) is 28.1 Å². The van der Waals surface area contributed by atoms with Gasteiger partial charge in [0.15, 0.2) is 0 Å². The van der Waals surface area contributed by atoms with Crippen LogP contribution in [0.1, 0.15) is 25.1 Å². The van der Waals surface area contributed by atoms with Gasteiger partial charge in [-0.3, -0.25) is 19.6 Å².